The van der Waals surface area contributed by atoms with Crippen LogP contribution in [0.25, 0.3) is 0 Å². The number of carbonyl (C=O) groups is 2. The summed E-state index contributed by atoms with van der Waals surface area (Å²) in [5, 5.41) is 22.1. The minimum absolute atomic E-state index is 0.0494. The molecule has 1 rings (SSSR count). The molecule has 1 aromatic carbocycles. The van der Waals surface area contributed by atoms with Crippen LogP contribution in [0, 0.1) is 10.1 Å². The minimum atomic E-state index is -1.37. The summed E-state index contributed by atoms with van der Waals surface area (Å²) < 4.78 is 0. The van der Waals surface area contributed by atoms with Crippen LogP contribution in [0.5, 0.6) is 0 Å². The number of carboxylic acid groups (broad SMARTS) is 1. The molecule has 20 heavy (non-hydrogen) atoms. The van der Waals surface area contributed by atoms with Gasteiger partial charge in [-0.05, 0) is 0 Å². The number of likely N-dealkylation sites (N-methyl/N-ethyl adjacent to an activating group) is 2. The van der Waals surface area contributed by atoms with E-state index < -0.39 is 16.6 Å². The molecule has 108 valence electrons. The number of aromatic carboxylic acids is 1. The van der Waals surface area contributed by atoms with E-state index in [0.717, 1.165) is 12.1 Å². The number of nitrogens with one attached hydrogen (secondary N) is 1. The summed E-state index contributed by atoms with van der Waals surface area (Å²) in [6.45, 7) is -0.131. The molecule has 0 aliphatic heterocycles. The van der Waals surface area contributed by atoms with E-state index in [-0.39, 0.29) is 28.7 Å². The number of rotatable bonds is 5. The number of hydrogen-bond donors (Lipinski definition) is 2. The summed E-state index contributed by atoms with van der Waals surface area (Å²) in [5.74, 6) is -1.72. The molecule has 9 heteroatoms. The molecule has 0 unspecified atom stereocenters. The van der Waals surface area contributed by atoms with Crippen molar-refractivity contribution in [3.63, 3.8) is 0 Å². The van der Waals surface area contributed by atoms with Crippen LogP contribution in [0.4, 0.5) is 11.4 Å². The number of nitro benzene ring substituents is 1. The summed E-state index contributed by atoms with van der Waals surface area (Å²) in [6, 6.07) is 1.95. The van der Waals surface area contributed by atoms with Crippen LogP contribution in [-0.2, 0) is 4.79 Å². The molecular weight excluding hydrogens is 290 g/mol. The van der Waals surface area contributed by atoms with Gasteiger partial charge in [-0.1, -0.05) is 11.6 Å². The number of anilines is 1. The Labute approximate surface area is 119 Å². The highest BCUT2D eigenvalue weighted by Crippen LogP contribution is 2.33. The maximum absolute atomic E-state index is 11.3. The third-order valence-corrected chi connectivity index (χ3v) is 2.82. The number of amides is 1. The van der Waals surface area contributed by atoms with Crippen molar-refractivity contribution in [1.29, 1.82) is 0 Å². The molecule has 1 amide bonds. The first kappa shape index (κ1) is 15.7. The van der Waals surface area contributed by atoms with Gasteiger partial charge in [0.25, 0.3) is 5.69 Å². The van der Waals surface area contributed by atoms with Crippen LogP contribution in [0.2, 0.25) is 5.02 Å². The molecule has 0 heterocycles. The van der Waals surface area contributed by atoms with Crippen LogP contribution < -0.4 is 10.2 Å². The van der Waals surface area contributed by atoms with Crippen molar-refractivity contribution in [2.75, 3.05) is 25.5 Å². The number of hydrogen-bond acceptors (Lipinski definition) is 5. The second-order valence-electron chi connectivity index (χ2n) is 3.92. The van der Waals surface area contributed by atoms with Gasteiger partial charge in [-0.3, -0.25) is 14.9 Å². The molecule has 0 aliphatic rings. The van der Waals surface area contributed by atoms with Gasteiger partial charge in [0, 0.05) is 26.2 Å². The van der Waals surface area contributed by atoms with Gasteiger partial charge in [0.15, 0.2) is 0 Å². The lowest BCUT2D eigenvalue weighted by Gasteiger charge is -2.21. The van der Waals surface area contributed by atoms with E-state index in [1.807, 2.05) is 0 Å². The predicted octanol–water partition coefficient (Wildman–Crippen LogP) is 1.13. The van der Waals surface area contributed by atoms with Gasteiger partial charge in [0.2, 0.25) is 5.91 Å². The third kappa shape index (κ3) is 3.35. The molecule has 0 radical (unpaired) electrons. The Morgan fingerprint density at radius 2 is 2.10 bits per heavy atom. The van der Waals surface area contributed by atoms with Gasteiger partial charge in [-0.25, -0.2) is 4.79 Å². The van der Waals surface area contributed by atoms with Crippen molar-refractivity contribution in [2.24, 2.45) is 0 Å². The summed E-state index contributed by atoms with van der Waals surface area (Å²) >= 11 is 5.90. The maximum atomic E-state index is 11.3. The number of carboxylic acids is 1. The lowest BCUT2D eigenvalue weighted by atomic mass is 10.1. The van der Waals surface area contributed by atoms with Crippen molar-refractivity contribution >= 4 is 34.9 Å². The second kappa shape index (κ2) is 6.20. The fourth-order valence-electron chi connectivity index (χ4n) is 1.61. The number of nitro groups is 1. The van der Waals surface area contributed by atoms with E-state index in [2.05, 4.69) is 5.32 Å². The van der Waals surface area contributed by atoms with Crippen molar-refractivity contribution in [1.82, 2.24) is 5.32 Å². The largest absolute Gasteiger partial charge is 0.478 e. The molecule has 2 N–H and O–H groups in total. The Kier molecular flexibility index (Phi) is 4.87. The molecule has 0 bridgehead atoms. The maximum Gasteiger partial charge on any atom is 0.338 e. The number of nitrogens with zero attached hydrogens (tertiary/aromatic N) is 2. The lowest BCUT2D eigenvalue weighted by molar-refractivity contribution is -0.384. The summed E-state index contributed by atoms with van der Waals surface area (Å²) in [5.41, 5.74) is -0.714. The average molecular weight is 302 g/mol. The standard InChI is InChI=1S/C11H12ClN3O5/c1-13-9(16)5-14(2)10-7(11(17)18)3-6(15(19)20)4-8(10)12/h3-4H,5H2,1-2H3,(H,13,16)(H,17,18). The van der Waals surface area contributed by atoms with Gasteiger partial charge in [0.05, 0.1) is 27.7 Å². The number of non-ortho nitro benzene ring substituents is 1. The molecule has 0 atom stereocenters. The summed E-state index contributed by atoms with van der Waals surface area (Å²) in [7, 11) is 2.90. The van der Waals surface area contributed by atoms with Crippen molar-refractivity contribution < 1.29 is 19.6 Å². The van der Waals surface area contributed by atoms with Gasteiger partial charge < -0.3 is 15.3 Å². The highest BCUT2D eigenvalue weighted by atomic mass is 35.5. The third-order valence-electron chi connectivity index (χ3n) is 2.53. The summed E-state index contributed by atoms with van der Waals surface area (Å²) in [6.07, 6.45) is 0. The van der Waals surface area contributed by atoms with Gasteiger partial charge in [-0.15, -0.1) is 0 Å². The van der Waals surface area contributed by atoms with Crippen LogP contribution in [0.3, 0.4) is 0 Å². The van der Waals surface area contributed by atoms with Crippen LogP contribution in [0.15, 0.2) is 12.1 Å². The molecule has 1 aromatic rings. The van der Waals surface area contributed by atoms with Crippen molar-refractivity contribution in [3.8, 4) is 0 Å². The van der Waals surface area contributed by atoms with Crippen LogP contribution in [0.1, 0.15) is 10.4 Å². The lowest BCUT2D eigenvalue weighted by Crippen LogP contribution is -2.34. The smallest absolute Gasteiger partial charge is 0.338 e. The monoisotopic (exact) mass is 301 g/mol. The van der Waals surface area contributed by atoms with E-state index in [9.17, 15) is 19.7 Å². The Morgan fingerprint density at radius 3 is 2.55 bits per heavy atom. The minimum Gasteiger partial charge on any atom is -0.478 e. The zero-order valence-corrected chi connectivity index (χ0v) is 11.5. The first-order valence-electron chi connectivity index (χ1n) is 5.40. The van der Waals surface area contributed by atoms with E-state index in [1.54, 1.807) is 0 Å². The van der Waals surface area contributed by atoms with E-state index in [4.69, 9.17) is 16.7 Å². The molecule has 8 nitrogen and oxygen atoms in total. The SMILES string of the molecule is CNC(=O)CN(C)c1c(Cl)cc([N+](=O)[O-])cc1C(=O)O. The Hall–Kier alpha value is -2.35. The second-order valence-corrected chi connectivity index (χ2v) is 4.32. The molecule has 0 aromatic heterocycles. The Morgan fingerprint density at radius 1 is 1.50 bits per heavy atom. The predicted molar refractivity (Wildman–Crippen MR) is 72.4 cm³/mol. The molecule has 0 fully saturated rings. The van der Waals surface area contributed by atoms with Gasteiger partial charge in [-0.2, -0.15) is 0 Å². The zero-order valence-electron chi connectivity index (χ0n) is 10.7. The zero-order chi connectivity index (χ0) is 15.4. The normalized spacial score (nSPS) is 9.95. The molecule has 0 saturated carbocycles. The van der Waals surface area contributed by atoms with Gasteiger partial charge in [0.1, 0.15) is 0 Å². The number of carbonyl (C=O) groups excluding carboxylic acids is 1. The fraction of sp³-hybridized carbons (Fsp3) is 0.273. The molecular formula is C11H12ClN3O5. The van der Waals surface area contributed by atoms with Crippen LogP contribution in [-0.4, -0.2) is 42.5 Å². The topological polar surface area (TPSA) is 113 Å². The van der Waals surface area contributed by atoms with Crippen molar-refractivity contribution in [2.45, 2.75) is 0 Å². The van der Waals surface area contributed by atoms with E-state index in [0.29, 0.717) is 0 Å². The van der Waals surface area contributed by atoms with Gasteiger partial charge >= 0.3 is 5.97 Å². The quantitative estimate of drug-likeness (QED) is 0.622. The number of benzene rings is 1. The summed E-state index contributed by atoms with van der Waals surface area (Å²) in [4.78, 5) is 33.8. The fourth-order valence-corrected chi connectivity index (χ4v) is 1.97. The first-order valence-corrected chi connectivity index (χ1v) is 5.78. The van der Waals surface area contributed by atoms with E-state index in [1.165, 1.54) is 19.0 Å². The van der Waals surface area contributed by atoms with Crippen molar-refractivity contribution in [3.05, 3.63) is 32.8 Å². The molecule has 0 aliphatic carbocycles. The molecule has 0 saturated heterocycles. The highest BCUT2D eigenvalue weighted by Gasteiger charge is 2.23. The van der Waals surface area contributed by atoms with E-state index >= 15 is 0 Å². The Balaban J connectivity index is 3.34. The number of halogens is 1. The van der Waals surface area contributed by atoms with Crippen LogP contribution >= 0.6 is 11.6 Å². The Bertz CT molecular complexity index is 575. The molecule has 0 spiro atoms. The first-order chi connectivity index (χ1) is 9.27. The highest BCUT2D eigenvalue weighted by molar-refractivity contribution is 6.34. The average Bonchev–Trinajstić information content (AvgIpc) is 2.36.